The molecule has 0 saturated carbocycles. The second-order valence-corrected chi connectivity index (χ2v) is 5.03. The first-order valence-electron chi connectivity index (χ1n) is 6.71. The largest absolute Gasteiger partial charge is 0.338 e. The number of likely N-dealkylation sites (N-methyl/N-ethyl adjacent to an activating group) is 1. The summed E-state index contributed by atoms with van der Waals surface area (Å²) in [5.74, 6) is -0.878. The minimum absolute atomic E-state index is 0.345. The molecule has 1 aliphatic heterocycles. The monoisotopic (exact) mass is 291 g/mol. The molecule has 0 bridgehead atoms. The van der Waals surface area contributed by atoms with Crippen LogP contribution < -0.4 is 4.90 Å². The van der Waals surface area contributed by atoms with Crippen LogP contribution in [0.4, 0.5) is 14.7 Å². The van der Waals surface area contributed by atoms with Gasteiger partial charge in [-0.3, -0.25) is 0 Å². The summed E-state index contributed by atoms with van der Waals surface area (Å²) in [5, 5.41) is 0. The fourth-order valence-electron chi connectivity index (χ4n) is 2.22. The van der Waals surface area contributed by atoms with E-state index in [2.05, 4.69) is 31.8 Å². The Kier molecular flexibility index (Phi) is 3.74. The Morgan fingerprint density at radius 2 is 1.76 bits per heavy atom. The maximum absolute atomic E-state index is 13.3. The van der Waals surface area contributed by atoms with Crippen LogP contribution >= 0.6 is 0 Å². The average molecular weight is 291 g/mol. The molecule has 0 unspecified atom stereocenters. The molecule has 3 rings (SSSR count). The van der Waals surface area contributed by atoms with Gasteiger partial charge in [-0.15, -0.1) is 0 Å². The molecule has 1 aliphatic rings. The van der Waals surface area contributed by atoms with Gasteiger partial charge in [-0.2, -0.15) is 4.98 Å². The molecule has 0 N–H and O–H groups in total. The van der Waals surface area contributed by atoms with Crippen LogP contribution in [0, 0.1) is 11.6 Å². The van der Waals surface area contributed by atoms with Gasteiger partial charge in [-0.05, 0) is 25.2 Å². The Labute approximate surface area is 121 Å². The lowest BCUT2D eigenvalue weighted by Crippen LogP contribution is -2.45. The van der Waals surface area contributed by atoms with Gasteiger partial charge in [0.2, 0.25) is 5.95 Å². The summed E-state index contributed by atoms with van der Waals surface area (Å²) < 4.78 is 26.3. The van der Waals surface area contributed by atoms with E-state index in [-0.39, 0.29) is 0 Å². The number of nitrogens with zero attached hydrogens (tertiary/aromatic N) is 5. The van der Waals surface area contributed by atoms with E-state index in [0.29, 0.717) is 17.3 Å². The highest BCUT2D eigenvalue weighted by atomic mass is 19.2. The molecule has 1 aromatic carbocycles. The van der Waals surface area contributed by atoms with Gasteiger partial charge >= 0.3 is 0 Å². The molecule has 0 aliphatic carbocycles. The topological polar surface area (TPSA) is 45.2 Å². The predicted molar refractivity (Wildman–Crippen MR) is 74.9 cm³/mol. The Hall–Kier alpha value is -2.15. The van der Waals surface area contributed by atoms with E-state index < -0.39 is 11.6 Å². The first-order valence-corrected chi connectivity index (χ1v) is 6.71. The Morgan fingerprint density at radius 3 is 2.48 bits per heavy atom. The van der Waals surface area contributed by atoms with Crippen LogP contribution in [-0.4, -0.2) is 53.1 Å². The summed E-state index contributed by atoms with van der Waals surface area (Å²) in [6.45, 7) is 3.54. The van der Waals surface area contributed by atoms with Crippen molar-refractivity contribution in [2.24, 2.45) is 0 Å². The van der Waals surface area contributed by atoms with Gasteiger partial charge in [0, 0.05) is 31.7 Å². The summed E-state index contributed by atoms with van der Waals surface area (Å²) in [5.41, 5.74) is 0.437. The van der Waals surface area contributed by atoms with Crippen LogP contribution in [0.3, 0.4) is 0 Å². The van der Waals surface area contributed by atoms with Gasteiger partial charge in [0.15, 0.2) is 17.5 Å². The SMILES string of the molecule is CN1CCN(c2ncnc(-c3ccc(F)c(F)c3)n2)CC1. The van der Waals surface area contributed by atoms with E-state index in [1.165, 1.54) is 12.4 Å². The zero-order valence-electron chi connectivity index (χ0n) is 11.6. The second-order valence-electron chi connectivity index (χ2n) is 5.03. The molecule has 1 saturated heterocycles. The van der Waals surface area contributed by atoms with Crippen molar-refractivity contribution in [2.45, 2.75) is 0 Å². The van der Waals surface area contributed by atoms with E-state index in [1.54, 1.807) is 0 Å². The molecule has 0 atom stereocenters. The zero-order valence-corrected chi connectivity index (χ0v) is 11.6. The fraction of sp³-hybridized carbons (Fsp3) is 0.357. The number of anilines is 1. The number of halogens is 2. The summed E-state index contributed by atoms with van der Waals surface area (Å²) in [6, 6.07) is 3.63. The van der Waals surface area contributed by atoms with Gasteiger partial charge in [0.1, 0.15) is 6.33 Å². The van der Waals surface area contributed by atoms with Crippen molar-refractivity contribution in [1.29, 1.82) is 0 Å². The number of rotatable bonds is 2. The molecule has 7 heteroatoms. The third kappa shape index (κ3) is 2.97. The molecule has 1 fully saturated rings. The first kappa shape index (κ1) is 13.8. The Balaban J connectivity index is 1.87. The number of aromatic nitrogens is 3. The summed E-state index contributed by atoms with van der Waals surface area (Å²) in [4.78, 5) is 16.9. The second kappa shape index (κ2) is 5.69. The molecule has 5 nitrogen and oxygen atoms in total. The highest BCUT2D eigenvalue weighted by Gasteiger charge is 2.17. The molecular formula is C14H15F2N5. The van der Waals surface area contributed by atoms with Crippen LogP contribution in [0.1, 0.15) is 0 Å². The van der Waals surface area contributed by atoms with E-state index in [4.69, 9.17) is 0 Å². The van der Waals surface area contributed by atoms with Crippen LogP contribution in [-0.2, 0) is 0 Å². The van der Waals surface area contributed by atoms with Crippen LogP contribution in [0.2, 0.25) is 0 Å². The smallest absolute Gasteiger partial charge is 0.228 e. The predicted octanol–water partition coefficient (Wildman–Crippen LogP) is 1.57. The third-order valence-corrected chi connectivity index (χ3v) is 3.52. The van der Waals surface area contributed by atoms with E-state index >= 15 is 0 Å². The van der Waals surface area contributed by atoms with Crippen molar-refractivity contribution in [2.75, 3.05) is 38.1 Å². The minimum Gasteiger partial charge on any atom is -0.338 e. The summed E-state index contributed by atoms with van der Waals surface area (Å²) in [6.07, 6.45) is 1.40. The van der Waals surface area contributed by atoms with Gasteiger partial charge in [-0.1, -0.05) is 0 Å². The van der Waals surface area contributed by atoms with Gasteiger partial charge in [0.25, 0.3) is 0 Å². The lowest BCUT2D eigenvalue weighted by atomic mass is 10.2. The summed E-state index contributed by atoms with van der Waals surface area (Å²) >= 11 is 0. The van der Waals surface area contributed by atoms with E-state index in [0.717, 1.165) is 38.3 Å². The third-order valence-electron chi connectivity index (χ3n) is 3.52. The van der Waals surface area contributed by atoms with E-state index in [9.17, 15) is 8.78 Å². The number of hydrogen-bond donors (Lipinski definition) is 0. The van der Waals surface area contributed by atoms with Crippen molar-refractivity contribution in [3.63, 3.8) is 0 Å². The lowest BCUT2D eigenvalue weighted by molar-refractivity contribution is 0.311. The molecule has 0 spiro atoms. The van der Waals surface area contributed by atoms with Crippen molar-refractivity contribution < 1.29 is 8.78 Å². The number of hydrogen-bond acceptors (Lipinski definition) is 5. The van der Waals surface area contributed by atoms with Crippen molar-refractivity contribution >= 4 is 5.95 Å². The molecule has 0 amide bonds. The first-order chi connectivity index (χ1) is 10.1. The zero-order chi connectivity index (χ0) is 14.8. The molecule has 2 aromatic rings. The highest BCUT2D eigenvalue weighted by Crippen LogP contribution is 2.19. The quantitative estimate of drug-likeness (QED) is 0.840. The van der Waals surface area contributed by atoms with Crippen LogP contribution in [0.25, 0.3) is 11.4 Å². The molecule has 0 radical (unpaired) electrons. The fourth-order valence-corrected chi connectivity index (χ4v) is 2.22. The summed E-state index contributed by atoms with van der Waals surface area (Å²) in [7, 11) is 2.07. The molecular weight excluding hydrogens is 276 g/mol. The van der Waals surface area contributed by atoms with Crippen molar-refractivity contribution in [1.82, 2.24) is 19.9 Å². The highest BCUT2D eigenvalue weighted by molar-refractivity contribution is 5.56. The van der Waals surface area contributed by atoms with Crippen LogP contribution in [0.5, 0.6) is 0 Å². The Bertz CT molecular complexity index is 641. The molecule has 110 valence electrons. The molecule has 21 heavy (non-hydrogen) atoms. The van der Waals surface area contributed by atoms with Crippen LogP contribution in [0.15, 0.2) is 24.5 Å². The maximum Gasteiger partial charge on any atom is 0.228 e. The average Bonchev–Trinajstić information content (AvgIpc) is 2.51. The van der Waals surface area contributed by atoms with Crippen molar-refractivity contribution in [3.05, 3.63) is 36.2 Å². The minimum atomic E-state index is -0.908. The normalized spacial score (nSPS) is 16.2. The lowest BCUT2D eigenvalue weighted by Gasteiger charge is -2.32. The van der Waals surface area contributed by atoms with Gasteiger partial charge in [0.05, 0.1) is 0 Å². The van der Waals surface area contributed by atoms with Gasteiger partial charge in [-0.25, -0.2) is 18.7 Å². The number of benzene rings is 1. The Morgan fingerprint density at radius 1 is 1.00 bits per heavy atom. The standard InChI is InChI=1S/C14H15F2N5/c1-20-4-6-21(7-5-20)14-18-9-17-13(19-14)10-2-3-11(15)12(16)8-10/h2-3,8-9H,4-7H2,1H3. The van der Waals surface area contributed by atoms with Crippen molar-refractivity contribution in [3.8, 4) is 11.4 Å². The molecule has 2 heterocycles. The molecule has 1 aromatic heterocycles. The van der Waals surface area contributed by atoms with E-state index in [1.807, 2.05) is 0 Å². The number of piperazine rings is 1. The van der Waals surface area contributed by atoms with Gasteiger partial charge < -0.3 is 9.80 Å². The maximum atomic E-state index is 13.3.